The van der Waals surface area contributed by atoms with Gasteiger partial charge in [-0.15, -0.1) is 0 Å². The molecule has 1 aliphatic heterocycles. The first-order chi connectivity index (χ1) is 9.32. The maximum Gasteiger partial charge on any atom is 0.321 e. The van der Waals surface area contributed by atoms with Gasteiger partial charge in [0.2, 0.25) is 0 Å². The first kappa shape index (κ1) is 14.5. The van der Waals surface area contributed by atoms with Crippen molar-refractivity contribution >= 4 is 28.8 Å². The summed E-state index contributed by atoms with van der Waals surface area (Å²) in [5.74, 6) is -1.43. The number of carbonyl (C=O) groups is 2. The molecule has 0 saturated carbocycles. The van der Waals surface area contributed by atoms with Crippen LogP contribution in [0.1, 0.15) is 16.8 Å². The number of thiol groups is 1. The van der Waals surface area contributed by atoms with Gasteiger partial charge in [-0.05, 0) is 31.1 Å². The van der Waals surface area contributed by atoms with Gasteiger partial charge in [-0.2, -0.15) is 10.9 Å². The van der Waals surface area contributed by atoms with Gasteiger partial charge in [-0.25, -0.2) is 0 Å². The normalized spacial score (nSPS) is 20.1. The topological polar surface area (TPSA) is 119 Å². The molecule has 0 aliphatic carbocycles. The Morgan fingerprint density at radius 1 is 1.45 bits per heavy atom. The Hall–Kier alpha value is -1.86. The van der Waals surface area contributed by atoms with Crippen molar-refractivity contribution in [1.82, 2.24) is 4.98 Å². The molecule has 2 rings (SSSR count). The largest absolute Gasteiger partial charge is 0.480 e. The van der Waals surface area contributed by atoms with E-state index in [4.69, 9.17) is 16.6 Å². The van der Waals surface area contributed by atoms with Crippen LogP contribution in [0, 0.1) is 13.8 Å². The van der Waals surface area contributed by atoms with Crippen LogP contribution in [0.5, 0.6) is 0 Å². The summed E-state index contributed by atoms with van der Waals surface area (Å²) in [6.07, 6.45) is 3.39. The molecule has 2 heterocycles. The molecule has 20 heavy (non-hydrogen) atoms. The van der Waals surface area contributed by atoms with Gasteiger partial charge >= 0.3 is 5.97 Å². The van der Waals surface area contributed by atoms with Crippen LogP contribution in [0.3, 0.4) is 0 Å². The van der Waals surface area contributed by atoms with E-state index in [9.17, 15) is 9.59 Å². The van der Waals surface area contributed by atoms with Crippen molar-refractivity contribution in [3.8, 4) is 0 Å². The fourth-order valence-electron chi connectivity index (χ4n) is 2.15. The number of primary amides is 1. The third-order valence-electron chi connectivity index (χ3n) is 3.37. The molecule has 6 nitrogen and oxygen atoms in total. The molecule has 1 aliphatic rings. The van der Waals surface area contributed by atoms with E-state index >= 15 is 0 Å². The lowest BCUT2D eigenvalue weighted by atomic mass is 10.1. The number of amides is 1. The number of pyridine rings is 1. The second-order valence-corrected chi connectivity index (χ2v) is 6.90. The number of carbonyl (C=O) groups excluding carboxylic acids is 1. The summed E-state index contributed by atoms with van der Waals surface area (Å²) >= 11 is 0. The third-order valence-corrected chi connectivity index (χ3v) is 6.16. The molecule has 1 aromatic rings. The summed E-state index contributed by atoms with van der Waals surface area (Å²) in [5.41, 5.74) is 13.7. The number of aromatic nitrogens is 1. The van der Waals surface area contributed by atoms with E-state index in [1.54, 1.807) is 12.3 Å². The highest BCUT2D eigenvalue weighted by Crippen LogP contribution is 2.53. The van der Waals surface area contributed by atoms with Crippen molar-refractivity contribution < 1.29 is 14.7 Å². The van der Waals surface area contributed by atoms with Gasteiger partial charge in [0.15, 0.2) is 0 Å². The molecule has 0 radical (unpaired) electrons. The number of carboxylic acids is 1. The maximum atomic E-state index is 11.6. The molecule has 5 N–H and O–H groups in total. The molecule has 0 fully saturated rings. The van der Waals surface area contributed by atoms with Gasteiger partial charge in [-0.1, -0.05) is 0 Å². The second-order valence-electron chi connectivity index (χ2n) is 4.75. The molecule has 0 saturated heterocycles. The van der Waals surface area contributed by atoms with E-state index in [-0.39, 0.29) is 5.75 Å². The highest BCUT2D eigenvalue weighted by atomic mass is 32.2. The van der Waals surface area contributed by atoms with E-state index in [1.165, 1.54) is 0 Å². The minimum Gasteiger partial charge on any atom is -0.480 e. The summed E-state index contributed by atoms with van der Waals surface area (Å²) in [7, 11) is -1.15. The van der Waals surface area contributed by atoms with Crippen molar-refractivity contribution in [2.45, 2.75) is 24.8 Å². The molecule has 0 spiro atoms. The van der Waals surface area contributed by atoms with E-state index in [0.717, 1.165) is 16.0 Å². The quantitative estimate of drug-likeness (QED) is 0.596. The molecular formula is C13H17N3O3S. The lowest BCUT2D eigenvalue weighted by Gasteiger charge is -2.23. The summed E-state index contributed by atoms with van der Waals surface area (Å²) < 4.78 is 0. The zero-order valence-corrected chi connectivity index (χ0v) is 12.1. The van der Waals surface area contributed by atoms with Crippen LogP contribution >= 0.6 is 10.9 Å². The summed E-state index contributed by atoms with van der Waals surface area (Å²) in [6, 6.07) is -1.02. The predicted molar refractivity (Wildman–Crippen MR) is 78.6 cm³/mol. The SMILES string of the molecule is Cc1cnc2c(c1C)[SH](C[C@H](N)C(=O)O)C(C(N)=O)=C2. The minimum absolute atomic E-state index is 0.193. The number of fused-ring (bicyclic) bond motifs is 1. The average Bonchev–Trinajstić information content (AvgIpc) is 2.73. The van der Waals surface area contributed by atoms with Crippen LogP contribution in [0.15, 0.2) is 16.0 Å². The fraction of sp³-hybridized carbons (Fsp3) is 0.308. The number of nitrogens with two attached hydrogens (primary N) is 2. The molecular weight excluding hydrogens is 278 g/mol. The molecule has 0 aromatic carbocycles. The first-order valence-electron chi connectivity index (χ1n) is 6.06. The monoisotopic (exact) mass is 295 g/mol. The molecule has 1 aromatic heterocycles. The maximum absolute atomic E-state index is 11.6. The van der Waals surface area contributed by atoms with E-state index in [2.05, 4.69) is 4.98 Å². The van der Waals surface area contributed by atoms with Crippen molar-refractivity contribution in [1.29, 1.82) is 0 Å². The Morgan fingerprint density at radius 2 is 2.10 bits per heavy atom. The summed E-state index contributed by atoms with van der Waals surface area (Å²) in [4.78, 5) is 28.2. The van der Waals surface area contributed by atoms with Crippen molar-refractivity contribution in [2.24, 2.45) is 11.5 Å². The first-order valence-corrected chi connectivity index (χ1v) is 7.59. The van der Waals surface area contributed by atoms with Gasteiger partial charge in [0.1, 0.15) is 6.04 Å². The van der Waals surface area contributed by atoms with Gasteiger partial charge in [0.25, 0.3) is 5.91 Å². The van der Waals surface area contributed by atoms with Gasteiger partial charge in [0, 0.05) is 16.8 Å². The zero-order valence-electron chi connectivity index (χ0n) is 11.3. The fourth-order valence-corrected chi connectivity index (χ4v) is 4.84. The number of carboxylic acid groups (broad SMARTS) is 1. The van der Waals surface area contributed by atoms with Gasteiger partial charge < -0.3 is 16.6 Å². The molecule has 1 unspecified atom stereocenters. The molecule has 108 valence electrons. The zero-order chi connectivity index (χ0) is 15.0. The minimum atomic E-state index is -1.15. The smallest absolute Gasteiger partial charge is 0.321 e. The Bertz CT molecular complexity index is 628. The van der Waals surface area contributed by atoms with Crippen LogP contribution in [-0.4, -0.2) is 33.8 Å². The lowest BCUT2D eigenvalue weighted by molar-refractivity contribution is -0.137. The van der Waals surface area contributed by atoms with Crippen LogP contribution in [0.2, 0.25) is 0 Å². The Morgan fingerprint density at radius 3 is 2.65 bits per heavy atom. The molecule has 0 bridgehead atoms. The number of hydrogen-bond acceptors (Lipinski definition) is 4. The van der Waals surface area contributed by atoms with Crippen LogP contribution < -0.4 is 11.5 Å². The van der Waals surface area contributed by atoms with Crippen molar-refractivity contribution in [3.05, 3.63) is 27.9 Å². The highest BCUT2D eigenvalue weighted by molar-refractivity contribution is 8.21. The van der Waals surface area contributed by atoms with E-state index in [0.29, 0.717) is 10.6 Å². The number of aliphatic carboxylic acids is 1. The summed E-state index contributed by atoms with van der Waals surface area (Å²) in [5, 5.41) is 8.97. The summed E-state index contributed by atoms with van der Waals surface area (Å²) in [6.45, 7) is 3.87. The van der Waals surface area contributed by atoms with Crippen molar-refractivity contribution in [2.75, 3.05) is 5.75 Å². The van der Waals surface area contributed by atoms with E-state index in [1.807, 2.05) is 13.8 Å². The molecule has 1 amide bonds. The molecule has 7 heteroatoms. The van der Waals surface area contributed by atoms with Crippen LogP contribution in [0.4, 0.5) is 0 Å². The van der Waals surface area contributed by atoms with Crippen LogP contribution in [0.25, 0.3) is 6.08 Å². The third kappa shape index (κ3) is 2.41. The lowest BCUT2D eigenvalue weighted by Crippen LogP contribution is -2.34. The Labute approximate surface area is 119 Å². The van der Waals surface area contributed by atoms with Crippen LogP contribution in [-0.2, 0) is 9.59 Å². The number of aryl methyl sites for hydroxylation is 1. The van der Waals surface area contributed by atoms with E-state index < -0.39 is 28.8 Å². The highest BCUT2D eigenvalue weighted by Gasteiger charge is 2.31. The van der Waals surface area contributed by atoms with Gasteiger partial charge in [0.05, 0.1) is 10.6 Å². The second kappa shape index (κ2) is 5.26. The van der Waals surface area contributed by atoms with Gasteiger partial charge in [-0.3, -0.25) is 14.6 Å². The Kier molecular flexibility index (Phi) is 3.82. The Balaban J connectivity index is 2.48. The van der Waals surface area contributed by atoms with Crippen molar-refractivity contribution in [3.63, 3.8) is 0 Å². The number of nitrogens with zero attached hydrogens (tertiary/aromatic N) is 1. The standard InChI is InChI=1S/C13H17N3O3S/c1-6-4-16-9-3-10(12(15)17)20(11(9)7(6)2)5-8(14)13(18)19/h3-4,8,20H,5,14H2,1-2H3,(H2,15,17)(H,18,19)/t8-/m0/s1. The predicted octanol–water partition coefficient (Wildman–Crippen LogP) is 0.310. The number of hydrogen-bond donors (Lipinski definition) is 4. The molecule has 2 atom stereocenters. The number of rotatable bonds is 4. The average molecular weight is 295 g/mol.